The normalized spacial score (nSPS) is 22.1. The number of hydrogen-bond acceptors (Lipinski definition) is 4. The molecule has 1 heterocycles. The van der Waals surface area contributed by atoms with Gasteiger partial charge >= 0.3 is 12.0 Å². The van der Waals surface area contributed by atoms with E-state index in [0.29, 0.717) is 0 Å². The van der Waals surface area contributed by atoms with E-state index in [-0.39, 0.29) is 5.75 Å². The number of carbonyl (C=O) groups excluding carboxylic acids is 1. The second kappa shape index (κ2) is 4.36. The SMILES string of the molecule is CC(C)(NC(=O)NC1C=CS(=O)(=O)C1)C(=O)O. The largest absolute Gasteiger partial charge is 0.480 e. The maximum absolute atomic E-state index is 11.4. The van der Waals surface area contributed by atoms with Gasteiger partial charge < -0.3 is 15.7 Å². The molecule has 2 amide bonds. The fourth-order valence-corrected chi connectivity index (χ4v) is 2.44. The van der Waals surface area contributed by atoms with Gasteiger partial charge in [-0.3, -0.25) is 0 Å². The number of carboxylic acid groups (broad SMARTS) is 1. The van der Waals surface area contributed by atoms with Crippen LogP contribution in [0.2, 0.25) is 0 Å². The van der Waals surface area contributed by atoms with Gasteiger partial charge in [-0.1, -0.05) is 0 Å². The molecule has 0 aromatic heterocycles. The Labute approximate surface area is 98.8 Å². The first-order valence-electron chi connectivity index (χ1n) is 4.85. The predicted octanol–water partition coefficient (Wildman–Crippen LogP) is -0.540. The molecule has 17 heavy (non-hydrogen) atoms. The molecule has 0 saturated heterocycles. The van der Waals surface area contributed by atoms with Gasteiger partial charge in [-0.2, -0.15) is 0 Å². The monoisotopic (exact) mass is 262 g/mol. The third-order valence-electron chi connectivity index (χ3n) is 2.21. The number of nitrogens with one attached hydrogen (secondary N) is 2. The van der Waals surface area contributed by atoms with E-state index in [9.17, 15) is 18.0 Å². The maximum atomic E-state index is 11.4. The fourth-order valence-electron chi connectivity index (χ4n) is 1.21. The Morgan fingerprint density at radius 2 is 2.00 bits per heavy atom. The molecule has 1 atom stereocenters. The van der Waals surface area contributed by atoms with Crippen molar-refractivity contribution < 1.29 is 23.1 Å². The highest BCUT2D eigenvalue weighted by Gasteiger charge is 2.30. The number of rotatable bonds is 3. The summed E-state index contributed by atoms with van der Waals surface area (Å²) in [6.45, 7) is 2.66. The topological polar surface area (TPSA) is 113 Å². The van der Waals surface area contributed by atoms with Crippen molar-refractivity contribution in [3.63, 3.8) is 0 Å². The predicted molar refractivity (Wildman–Crippen MR) is 60.1 cm³/mol. The van der Waals surface area contributed by atoms with Crippen LogP contribution in [0.4, 0.5) is 4.79 Å². The van der Waals surface area contributed by atoms with E-state index in [1.807, 2.05) is 0 Å². The summed E-state index contributed by atoms with van der Waals surface area (Å²) >= 11 is 0. The second-order valence-electron chi connectivity index (χ2n) is 4.29. The molecule has 0 saturated carbocycles. The van der Waals surface area contributed by atoms with Crippen molar-refractivity contribution in [1.82, 2.24) is 10.6 Å². The molecular formula is C9H14N2O5S. The van der Waals surface area contributed by atoms with Crippen LogP contribution >= 0.6 is 0 Å². The molecule has 1 aliphatic heterocycles. The van der Waals surface area contributed by atoms with Crippen LogP contribution in [0, 0.1) is 0 Å². The van der Waals surface area contributed by atoms with Crippen molar-refractivity contribution in [3.05, 3.63) is 11.5 Å². The van der Waals surface area contributed by atoms with Crippen LogP contribution in [0.15, 0.2) is 11.5 Å². The lowest BCUT2D eigenvalue weighted by Crippen LogP contribution is -2.55. The first kappa shape index (κ1) is 13.5. The maximum Gasteiger partial charge on any atom is 0.328 e. The van der Waals surface area contributed by atoms with E-state index < -0.39 is 33.4 Å². The van der Waals surface area contributed by atoms with E-state index in [0.717, 1.165) is 5.41 Å². The van der Waals surface area contributed by atoms with Crippen molar-refractivity contribution >= 4 is 21.8 Å². The highest BCUT2D eigenvalue weighted by Crippen LogP contribution is 2.08. The van der Waals surface area contributed by atoms with Crippen LogP contribution in [0.1, 0.15) is 13.8 Å². The van der Waals surface area contributed by atoms with E-state index in [4.69, 9.17) is 5.11 Å². The molecule has 0 aromatic carbocycles. The minimum absolute atomic E-state index is 0.200. The van der Waals surface area contributed by atoms with Crippen LogP contribution in [0.25, 0.3) is 0 Å². The summed E-state index contributed by atoms with van der Waals surface area (Å²) in [5.41, 5.74) is -1.41. The minimum atomic E-state index is -3.24. The summed E-state index contributed by atoms with van der Waals surface area (Å²) in [7, 11) is -3.24. The van der Waals surface area contributed by atoms with E-state index >= 15 is 0 Å². The molecule has 1 unspecified atom stereocenters. The van der Waals surface area contributed by atoms with Crippen LogP contribution < -0.4 is 10.6 Å². The molecule has 96 valence electrons. The summed E-state index contributed by atoms with van der Waals surface area (Å²) in [5.74, 6) is -1.38. The number of urea groups is 1. The smallest absolute Gasteiger partial charge is 0.328 e. The van der Waals surface area contributed by atoms with Gasteiger partial charge in [0.25, 0.3) is 0 Å². The average molecular weight is 262 g/mol. The third kappa shape index (κ3) is 3.74. The Balaban J connectivity index is 2.53. The molecule has 0 spiro atoms. The molecule has 0 bridgehead atoms. The highest BCUT2D eigenvalue weighted by molar-refractivity contribution is 7.94. The lowest BCUT2D eigenvalue weighted by molar-refractivity contribution is -0.142. The van der Waals surface area contributed by atoms with Gasteiger partial charge in [-0.05, 0) is 19.9 Å². The van der Waals surface area contributed by atoms with Gasteiger partial charge in [-0.15, -0.1) is 0 Å². The van der Waals surface area contributed by atoms with Crippen molar-refractivity contribution in [2.24, 2.45) is 0 Å². The zero-order valence-electron chi connectivity index (χ0n) is 9.43. The molecule has 0 radical (unpaired) electrons. The van der Waals surface area contributed by atoms with Gasteiger partial charge in [0.2, 0.25) is 0 Å². The van der Waals surface area contributed by atoms with Crippen LogP contribution in [0.5, 0.6) is 0 Å². The number of carbonyl (C=O) groups is 2. The molecule has 7 nitrogen and oxygen atoms in total. The summed E-state index contributed by atoms with van der Waals surface area (Å²) < 4.78 is 22.1. The number of amides is 2. The van der Waals surface area contributed by atoms with Crippen molar-refractivity contribution in [3.8, 4) is 0 Å². The van der Waals surface area contributed by atoms with Crippen molar-refractivity contribution in [2.75, 3.05) is 5.75 Å². The molecule has 1 rings (SSSR count). The zero-order chi connectivity index (χ0) is 13.3. The number of hydrogen-bond donors (Lipinski definition) is 3. The summed E-state index contributed by atoms with van der Waals surface area (Å²) in [5, 5.41) is 14.4. The Morgan fingerprint density at radius 1 is 1.41 bits per heavy atom. The lowest BCUT2D eigenvalue weighted by atomic mass is 10.1. The molecule has 8 heteroatoms. The van der Waals surface area contributed by atoms with E-state index in [2.05, 4.69) is 10.6 Å². The van der Waals surface area contributed by atoms with Crippen LogP contribution in [-0.2, 0) is 14.6 Å². The Hall–Kier alpha value is -1.57. The number of sulfone groups is 1. The Bertz CT molecular complexity index is 466. The first-order valence-corrected chi connectivity index (χ1v) is 6.57. The van der Waals surface area contributed by atoms with Crippen molar-refractivity contribution in [2.45, 2.75) is 25.4 Å². The van der Waals surface area contributed by atoms with Gasteiger partial charge in [0.15, 0.2) is 9.84 Å². The average Bonchev–Trinajstić information content (AvgIpc) is 2.43. The molecule has 0 aliphatic carbocycles. The Morgan fingerprint density at radius 3 is 2.41 bits per heavy atom. The third-order valence-corrected chi connectivity index (χ3v) is 3.60. The standard InChI is InChI=1S/C9H14N2O5S/c1-9(2,7(12)13)11-8(14)10-6-3-4-17(15,16)5-6/h3-4,6H,5H2,1-2H3,(H,12,13)(H2,10,11,14). The summed E-state index contributed by atoms with van der Waals surface area (Å²) in [6, 6.07) is -1.34. The minimum Gasteiger partial charge on any atom is -0.480 e. The van der Waals surface area contributed by atoms with Crippen LogP contribution in [0.3, 0.4) is 0 Å². The number of carboxylic acids is 1. The lowest BCUT2D eigenvalue weighted by Gasteiger charge is -2.22. The van der Waals surface area contributed by atoms with Gasteiger partial charge in [-0.25, -0.2) is 18.0 Å². The van der Waals surface area contributed by atoms with Crippen LogP contribution in [-0.4, -0.2) is 42.9 Å². The zero-order valence-corrected chi connectivity index (χ0v) is 10.2. The van der Waals surface area contributed by atoms with Gasteiger partial charge in [0.05, 0.1) is 11.8 Å². The fraction of sp³-hybridized carbons (Fsp3) is 0.556. The van der Waals surface area contributed by atoms with Crippen molar-refractivity contribution in [1.29, 1.82) is 0 Å². The first-order chi connectivity index (χ1) is 7.62. The molecule has 3 N–H and O–H groups in total. The van der Waals surface area contributed by atoms with Gasteiger partial charge in [0.1, 0.15) is 5.54 Å². The summed E-state index contributed by atoms with van der Waals surface area (Å²) in [4.78, 5) is 22.2. The molecule has 1 aliphatic rings. The number of aliphatic carboxylic acids is 1. The summed E-state index contributed by atoms with van der Waals surface area (Å²) in [6.07, 6.45) is 1.35. The molecule has 0 aromatic rings. The van der Waals surface area contributed by atoms with E-state index in [1.165, 1.54) is 19.9 Å². The quantitative estimate of drug-likeness (QED) is 0.632. The highest BCUT2D eigenvalue weighted by atomic mass is 32.2. The molecule has 0 fully saturated rings. The Kier molecular flexibility index (Phi) is 3.46. The second-order valence-corrected chi connectivity index (χ2v) is 6.22. The molecular weight excluding hydrogens is 248 g/mol. The van der Waals surface area contributed by atoms with E-state index in [1.54, 1.807) is 0 Å². The van der Waals surface area contributed by atoms with Gasteiger partial charge in [0, 0.05) is 5.41 Å².